The molecule has 1 aromatic carbocycles. The van der Waals surface area contributed by atoms with E-state index < -0.39 is 0 Å². The number of nitrogens with zero attached hydrogens (tertiary/aromatic N) is 1. The maximum atomic E-state index is 12.1. The average molecular weight is 286 g/mol. The number of carbonyl (C=O) groups is 1. The predicted molar refractivity (Wildman–Crippen MR) is 68.4 cm³/mol. The third-order valence-corrected chi connectivity index (χ3v) is 2.69. The number of hydrogen-bond acceptors (Lipinski definition) is 2. The van der Waals surface area contributed by atoms with E-state index in [1.54, 1.807) is 18.1 Å². The van der Waals surface area contributed by atoms with Crippen molar-refractivity contribution in [2.24, 2.45) is 0 Å². The van der Waals surface area contributed by atoms with Gasteiger partial charge >= 0.3 is 0 Å². The van der Waals surface area contributed by atoms with Crippen LogP contribution in [0.5, 0.6) is 5.75 Å². The Labute approximate surface area is 105 Å². The van der Waals surface area contributed by atoms with Crippen molar-refractivity contribution in [2.75, 3.05) is 25.5 Å². The van der Waals surface area contributed by atoms with Crippen LogP contribution in [0.3, 0.4) is 0 Å². The summed E-state index contributed by atoms with van der Waals surface area (Å²) in [4.78, 5) is 13.9. The van der Waals surface area contributed by atoms with Crippen molar-refractivity contribution in [3.8, 4) is 5.75 Å². The quantitative estimate of drug-likeness (QED) is 0.778. The zero-order valence-corrected chi connectivity index (χ0v) is 11.2. The molecule has 0 aliphatic carbocycles. The Kier molecular flexibility index (Phi) is 5.32. The highest BCUT2D eigenvalue weighted by atomic mass is 79.9. The molecule has 0 spiro atoms. The lowest BCUT2D eigenvalue weighted by molar-refractivity contribution is 0.0774. The number of carbonyl (C=O) groups excluding carboxylic acids is 1. The number of halogens is 1. The molecular formula is C12H16BrNO2. The third-order valence-electron chi connectivity index (χ3n) is 2.34. The summed E-state index contributed by atoms with van der Waals surface area (Å²) in [6.45, 7) is 3.40. The van der Waals surface area contributed by atoms with Crippen LogP contribution >= 0.6 is 15.9 Å². The fourth-order valence-corrected chi connectivity index (χ4v) is 1.87. The second-order valence-corrected chi connectivity index (χ2v) is 4.10. The van der Waals surface area contributed by atoms with Crippen LogP contribution in [0.1, 0.15) is 17.3 Å². The van der Waals surface area contributed by atoms with Gasteiger partial charge < -0.3 is 9.64 Å². The van der Waals surface area contributed by atoms with E-state index in [-0.39, 0.29) is 5.91 Å². The molecule has 0 aromatic heterocycles. The highest BCUT2D eigenvalue weighted by Crippen LogP contribution is 2.14. The number of rotatable bonds is 5. The summed E-state index contributed by atoms with van der Waals surface area (Å²) >= 11 is 3.34. The highest BCUT2D eigenvalue weighted by molar-refractivity contribution is 9.09. The fraction of sp³-hybridized carbons (Fsp3) is 0.417. The first-order valence-corrected chi connectivity index (χ1v) is 6.34. The minimum atomic E-state index is 0.0425. The lowest BCUT2D eigenvalue weighted by atomic mass is 10.2. The second kappa shape index (κ2) is 6.53. The summed E-state index contributed by atoms with van der Waals surface area (Å²) in [5.41, 5.74) is 0.669. The molecule has 1 amide bonds. The molecule has 0 aliphatic rings. The lowest BCUT2D eigenvalue weighted by Crippen LogP contribution is -2.32. The molecule has 88 valence electrons. The number of hydrogen-bond donors (Lipinski definition) is 0. The van der Waals surface area contributed by atoms with Gasteiger partial charge in [-0.1, -0.05) is 22.0 Å². The molecule has 0 atom stereocenters. The van der Waals surface area contributed by atoms with E-state index in [2.05, 4.69) is 15.9 Å². The van der Waals surface area contributed by atoms with Gasteiger partial charge in [-0.3, -0.25) is 4.79 Å². The summed E-state index contributed by atoms with van der Waals surface area (Å²) in [5, 5.41) is 0.788. The van der Waals surface area contributed by atoms with Crippen molar-refractivity contribution in [3.05, 3.63) is 29.8 Å². The maximum absolute atomic E-state index is 12.1. The second-order valence-electron chi connectivity index (χ2n) is 3.31. The number of methoxy groups -OCH3 is 1. The van der Waals surface area contributed by atoms with Gasteiger partial charge in [0, 0.05) is 24.0 Å². The number of ether oxygens (including phenoxy) is 1. The Morgan fingerprint density at radius 2 is 2.25 bits per heavy atom. The molecule has 0 saturated carbocycles. The number of amides is 1. The monoisotopic (exact) mass is 285 g/mol. The van der Waals surface area contributed by atoms with E-state index in [9.17, 15) is 4.79 Å². The molecule has 0 N–H and O–H groups in total. The van der Waals surface area contributed by atoms with Crippen LogP contribution in [0.25, 0.3) is 0 Å². The summed E-state index contributed by atoms with van der Waals surface area (Å²) in [6, 6.07) is 7.23. The molecule has 0 unspecified atom stereocenters. The molecular weight excluding hydrogens is 270 g/mol. The number of alkyl halides is 1. The maximum Gasteiger partial charge on any atom is 0.254 e. The Hall–Kier alpha value is -1.03. The Morgan fingerprint density at radius 1 is 1.50 bits per heavy atom. The third kappa shape index (κ3) is 3.23. The molecule has 1 rings (SSSR count). The SMILES string of the molecule is CCN(CCBr)C(=O)c1cccc(OC)c1. The normalized spacial score (nSPS) is 9.94. The number of benzene rings is 1. The van der Waals surface area contributed by atoms with Gasteiger partial charge in [-0.05, 0) is 25.1 Å². The zero-order chi connectivity index (χ0) is 12.0. The van der Waals surface area contributed by atoms with E-state index in [1.807, 2.05) is 25.1 Å². The first-order chi connectivity index (χ1) is 7.72. The van der Waals surface area contributed by atoms with Gasteiger partial charge in [-0.15, -0.1) is 0 Å². The van der Waals surface area contributed by atoms with Crippen LogP contribution in [0, 0.1) is 0 Å². The van der Waals surface area contributed by atoms with Gasteiger partial charge in [-0.25, -0.2) is 0 Å². The lowest BCUT2D eigenvalue weighted by Gasteiger charge is -2.19. The van der Waals surface area contributed by atoms with Crippen LogP contribution < -0.4 is 4.74 Å². The van der Waals surface area contributed by atoms with Crippen LogP contribution in [0.4, 0.5) is 0 Å². The predicted octanol–water partition coefficient (Wildman–Crippen LogP) is 2.55. The van der Waals surface area contributed by atoms with Crippen LogP contribution in [-0.2, 0) is 0 Å². The summed E-state index contributed by atoms with van der Waals surface area (Å²) in [5.74, 6) is 0.751. The summed E-state index contributed by atoms with van der Waals surface area (Å²) in [7, 11) is 1.60. The smallest absolute Gasteiger partial charge is 0.254 e. The first-order valence-electron chi connectivity index (χ1n) is 5.22. The molecule has 0 radical (unpaired) electrons. The molecule has 16 heavy (non-hydrogen) atoms. The van der Waals surface area contributed by atoms with E-state index >= 15 is 0 Å². The molecule has 4 heteroatoms. The van der Waals surface area contributed by atoms with Crippen molar-refractivity contribution < 1.29 is 9.53 Å². The summed E-state index contributed by atoms with van der Waals surface area (Å²) < 4.78 is 5.10. The van der Waals surface area contributed by atoms with E-state index in [4.69, 9.17) is 4.74 Å². The Balaban J connectivity index is 2.85. The Bertz CT molecular complexity index is 355. The van der Waals surface area contributed by atoms with Crippen molar-refractivity contribution in [1.82, 2.24) is 4.90 Å². The molecule has 1 aromatic rings. The van der Waals surface area contributed by atoms with Crippen LogP contribution in [-0.4, -0.2) is 36.3 Å². The van der Waals surface area contributed by atoms with Gasteiger partial charge in [0.1, 0.15) is 5.75 Å². The molecule has 0 aliphatic heterocycles. The van der Waals surface area contributed by atoms with Gasteiger partial charge in [0.2, 0.25) is 0 Å². The zero-order valence-electron chi connectivity index (χ0n) is 9.57. The topological polar surface area (TPSA) is 29.5 Å². The molecule has 0 heterocycles. The van der Waals surface area contributed by atoms with E-state index in [1.165, 1.54) is 0 Å². The van der Waals surface area contributed by atoms with Crippen molar-refractivity contribution >= 4 is 21.8 Å². The average Bonchev–Trinajstić information content (AvgIpc) is 2.35. The van der Waals surface area contributed by atoms with Gasteiger partial charge in [0.15, 0.2) is 0 Å². The highest BCUT2D eigenvalue weighted by Gasteiger charge is 2.13. The Morgan fingerprint density at radius 3 is 2.81 bits per heavy atom. The van der Waals surface area contributed by atoms with Crippen molar-refractivity contribution in [3.63, 3.8) is 0 Å². The van der Waals surface area contributed by atoms with Gasteiger partial charge in [0.05, 0.1) is 7.11 Å². The van der Waals surface area contributed by atoms with Crippen molar-refractivity contribution in [1.29, 1.82) is 0 Å². The van der Waals surface area contributed by atoms with Crippen molar-refractivity contribution in [2.45, 2.75) is 6.92 Å². The minimum absolute atomic E-state index is 0.0425. The minimum Gasteiger partial charge on any atom is -0.497 e. The largest absolute Gasteiger partial charge is 0.497 e. The fourth-order valence-electron chi connectivity index (χ4n) is 1.44. The van der Waals surface area contributed by atoms with Gasteiger partial charge in [0.25, 0.3) is 5.91 Å². The van der Waals surface area contributed by atoms with E-state index in [0.717, 1.165) is 5.33 Å². The summed E-state index contributed by atoms with van der Waals surface area (Å²) in [6.07, 6.45) is 0. The molecule has 0 fully saturated rings. The van der Waals surface area contributed by atoms with Crippen LogP contribution in [0.2, 0.25) is 0 Å². The van der Waals surface area contributed by atoms with E-state index in [0.29, 0.717) is 24.4 Å². The van der Waals surface area contributed by atoms with Crippen LogP contribution in [0.15, 0.2) is 24.3 Å². The molecule has 0 bridgehead atoms. The molecule has 3 nitrogen and oxygen atoms in total. The standard InChI is InChI=1S/C12H16BrNO2/c1-3-14(8-7-13)12(15)10-5-4-6-11(9-10)16-2/h4-6,9H,3,7-8H2,1-2H3. The van der Waals surface area contributed by atoms with Gasteiger partial charge in [-0.2, -0.15) is 0 Å². The first kappa shape index (κ1) is 13.0. The molecule has 0 saturated heterocycles.